The van der Waals surface area contributed by atoms with E-state index in [4.69, 9.17) is 9.84 Å². The lowest BCUT2D eigenvalue weighted by Gasteiger charge is -2.14. The Morgan fingerprint density at radius 3 is 2.76 bits per heavy atom. The number of hydrogen-bond donors (Lipinski definition) is 1. The summed E-state index contributed by atoms with van der Waals surface area (Å²) in [5.41, 5.74) is 2.10. The van der Waals surface area contributed by atoms with Gasteiger partial charge in [-0.25, -0.2) is 0 Å². The fraction of sp³-hybridized carbons (Fsp3) is 0.235. The van der Waals surface area contributed by atoms with Crippen LogP contribution in [0.5, 0.6) is 5.75 Å². The highest BCUT2D eigenvalue weighted by Gasteiger charge is 2.17. The first-order chi connectivity index (χ1) is 12.0. The third-order valence-corrected chi connectivity index (χ3v) is 5.26. The molecule has 0 radical (unpaired) electrons. The molecule has 1 aromatic heterocycles. The number of aryl methyl sites for hydroxylation is 1. The van der Waals surface area contributed by atoms with Gasteiger partial charge < -0.3 is 9.84 Å². The van der Waals surface area contributed by atoms with Crippen molar-refractivity contribution < 1.29 is 14.6 Å². The van der Waals surface area contributed by atoms with E-state index >= 15 is 0 Å². The molecule has 0 fully saturated rings. The van der Waals surface area contributed by atoms with Crippen molar-refractivity contribution in [2.75, 3.05) is 12.9 Å². The van der Waals surface area contributed by atoms with Gasteiger partial charge in [-0.15, -0.1) is 10.2 Å². The second kappa shape index (κ2) is 7.45. The van der Waals surface area contributed by atoms with Gasteiger partial charge in [0.15, 0.2) is 5.16 Å². The summed E-state index contributed by atoms with van der Waals surface area (Å²) in [7, 11) is 1.63. The molecule has 0 amide bonds. The van der Waals surface area contributed by atoms with Crippen LogP contribution >= 0.6 is 27.7 Å². The molecule has 0 unspecified atom stereocenters. The average Bonchev–Trinajstić information content (AvgIpc) is 2.98. The minimum atomic E-state index is -0.900. The second-order valence-corrected chi connectivity index (χ2v) is 6.93. The number of nitrogens with zero attached hydrogens (tertiary/aromatic N) is 3. The molecule has 1 heterocycles. The number of hydrogen-bond acceptors (Lipinski definition) is 5. The molecule has 0 aliphatic carbocycles. The summed E-state index contributed by atoms with van der Waals surface area (Å²) < 4.78 is 7.71. The summed E-state index contributed by atoms with van der Waals surface area (Å²) in [4.78, 5) is 10.9. The largest absolute Gasteiger partial charge is 0.497 e. The molecule has 3 aromatic rings. The number of rotatable bonds is 6. The number of methoxy groups -OCH3 is 1. The van der Waals surface area contributed by atoms with E-state index in [1.54, 1.807) is 7.11 Å². The highest BCUT2D eigenvalue weighted by atomic mass is 79.9. The van der Waals surface area contributed by atoms with Crippen molar-refractivity contribution >= 4 is 44.4 Å². The number of benzene rings is 2. The summed E-state index contributed by atoms with van der Waals surface area (Å²) >= 11 is 4.54. The Bertz CT molecular complexity index is 942. The molecule has 2 aromatic carbocycles. The van der Waals surface area contributed by atoms with Crippen LogP contribution in [0.4, 0.5) is 0 Å². The van der Waals surface area contributed by atoms with Crippen molar-refractivity contribution in [3.63, 3.8) is 0 Å². The van der Waals surface area contributed by atoms with Crippen LogP contribution in [0.25, 0.3) is 16.5 Å². The molecule has 0 saturated heterocycles. The predicted molar refractivity (Wildman–Crippen MR) is 101 cm³/mol. The van der Waals surface area contributed by atoms with Crippen LogP contribution in [0.1, 0.15) is 12.5 Å². The van der Waals surface area contributed by atoms with Gasteiger partial charge in [-0.2, -0.15) is 0 Å². The van der Waals surface area contributed by atoms with Crippen molar-refractivity contribution in [3.05, 3.63) is 40.6 Å². The summed E-state index contributed by atoms with van der Waals surface area (Å²) in [6, 6.07) is 10.0. The highest BCUT2D eigenvalue weighted by Crippen LogP contribution is 2.33. The van der Waals surface area contributed by atoms with Gasteiger partial charge in [0.05, 0.1) is 18.6 Å². The van der Waals surface area contributed by atoms with Crippen LogP contribution in [-0.2, 0) is 11.2 Å². The van der Waals surface area contributed by atoms with E-state index in [-0.39, 0.29) is 5.75 Å². The monoisotopic (exact) mass is 421 g/mol. The zero-order valence-electron chi connectivity index (χ0n) is 13.7. The minimum Gasteiger partial charge on any atom is -0.497 e. The van der Waals surface area contributed by atoms with Crippen molar-refractivity contribution in [2.24, 2.45) is 0 Å². The molecule has 0 spiro atoms. The summed E-state index contributed by atoms with van der Waals surface area (Å²) in [6.07, 6.45) is 0.910. The Kier molecular flexibility index (Phi) is 5.29. The van der Waals surface area contributed by atoms with E-state index in [1.807, 2.05) is 28.8 Å². The Balaban J connectivity index is 2.22. The lowest BCUT2D eigenvalue weighted by molar-refractivity contribution is -0.133. The maximum Gasteiger partial charge on any atom is 0.313 e. The van der Waals surface area contributed by atoms with E-state index in [2.05, 4.69) is 39.1 Å². The topological polar surface area (TPSA) is 77.2 Å². The molecule has 0 aliphatic heterocycles. The van der Waals surface area contributed by atoms with Gasteiger partial charge in [0, 0.05) is 5.39 Å². The van der Waals surface area contributed by atoms with Crippen molar-refractivity contribution in [1.82, 2.24) is 14.8 Å². The minimum absolute atomic E-state index is 0.0839. The zero-order valence-corrected chi connectivity index (χ0v) is 16.1. The summed E-state index contributed by atoms with van der Waals surface area (Å²) in [5.74, 6) is -0.228. The molecule has 0 atom stereocenters. The normalized spacial score (nSPS) is 11.0. The Morgan fingerprint density at radius 1 is 1.28 bits per heavy atom. The van der Waals surface area contributed by atoms with Crippen LogP contribution in [0.2, 0.25) is 0 Å². The molecule has 25 heavy (non-hydrogen) atoms. The maximum absolute atomic E-state index is 10.9. The van der Waals surface area contributed by atoms with E-state index < -0.39 is 5.97 Å². The van der Waals surface area contributed by atoms with E-state index in [0.29, 0.717) is 9.89 Å². The molecule has 6 nitrogen and oxygen atoms in total. The quantitative estimate of drug-likeness (QED) is 0.607. The highest BCUT2D eigenvalue weighted by molar-refractivity contribution is 9.10. The van der Waals surface area contributed by atoms with E-state index in [9.17, 15) is 4.79 Å². The number of carboxylic acid groups (broad SMARTS) is 1. The molecule has 0 bridgehead atoms. The number of carboxylic acids is 1. The Hall–Kier alpha value is -2.06. The number of aliphatic carboxylic acids is 1. The first-order valence-electron chi connectivity index (χ1n) is 7.60. The van der Waals surface area contributed by atoms with Crippen molar-refractivity contribution in [3.8, 4) is 11.4 Å². The molecular formula is C17H16BrN3O3S. The maximum atomic E-state index is 10.9. The van der Waals surface area contributed by atoms with Crippen LogP contribution < -0.4 is 4.74 Å². The third kappa shape index (κ3) is 3.50. The lowest BCUT2D eigenvalue weighted by atomic mass is 10.0. The second-order valence-electron chi connectivity index (χ2n) is 5.28. The fourth-order valence-electron chi connectivity index (χ4n) is 2.68. The van der Waals surface area contributed by atoms with Gasteiger partial charge in [0.25, 0.3) is 0 Å². The number of ether oxygens (including phenoxy) is 1. The van der Waals surface area contributed by atoms with E-state index in [0.717, 1.165) is 40.4 Å². The van der Waals surface area contributed by atoms with Gasteiger partial charge in [-0.1, -0.05) is 30.8 Å². The predicted octanol–water partition coefficient (Wildman–Crippen LogP) is 3.93. The third-order valence-electron chi connectivity index (χ3n) is 3.83. The van der Waals surface area contributed by atoms with Crippen molar-refractivity contribution in [1.29, 1.82) is 0 Å². The molecule has 3 rings (SSSR count). The molecule has 0 aliphatic rings. The van der Waals surface area contributed by atoms with Gasteiger partial charge in [-0.3, -0.25) is 9.36 Å². The molecule has 0 saturated carbocycles. The van der Waals surface area contributed by atoms with Crippen LogP contribution in [0, 0.1) is 0 Å². The zero-order chi connectivity index (χ0) is 18.0. The smallest absolute Gasteiger partial charge is 0.313 e. The number of thioether (sulfide) groups is 1. The van der Waals surface area contributed by atoms with Gasteiger partial charge in [-0.05, 0) is 51.5 Å². The summed E-state index contributed by atoms with van der Waals surface area (Å²) in [6.45, 7) is 2.11. The van der Waals surface area contributed by atoms with Crippen LogP contribution in [0.3, 0.4) is 0 Å². The fourth-order valence-corrected chi connectivity index (χ4v) is 3.90. The van der Waals surface area contributed by atoms with E-state index in [1.165, 1.54) is 5.56 Å². The lowest BCUT2D eigenvalue weighted by Crippen LogP contribution is -2.03. The first-order valence-corrected chi connectivity index (χ1v) is 9.38. The van der Waals surface area contributed by atoms with Gasteiger partial charge in [0.2, 0.25) is 4.73 Å². The standard InChI is InChI=1S/C17H16BrN3O3S/c1-3-10-4-7-14(13-8-11(24-2)5-6-12(10)13)21-16(18)19-20-17(21)25-9-15(22)23/h4-8H,3,9H2,1-2H3,(H,22,23). The molecule has 1 N–H and O–H groups in total. The molecule has 130 valence electrons. The van der Waals surface area contributed by atoms with Crippen LogP contribution in [0.15, 0.2) is 40.2 Å². The first kappa shape index (κ1) is 17.8. The Morgan fingerprint density at radius 2 is 2.08 bits per heavy atom. The van der Waals surface area contributed by atoms with Crippen LogP contribution in [-0.4, -0.2) is 38.7 Å². The molecule has 8 heteroatoms. The number of halogens is 1. The van der Waals surface area contributed by atoms with Crippen molar-refractivity contribution in [2.45, 2.75) is 18.5 Å². The number of fused-ring (bicyclic) bond motifs is 1. The molecular weight excluding hydrogens is 406 g/mol. The average molecular weight is 422 g/mol. The number of carbonyl (C=O) groups is 1. The Labute approximate surface area is 157 Å². The SMILES string of the molecule is CCc1ccc(-n2c(Br)nnc2SCC(=O)O)c2cc(OC)ccc12. The summed E-state index contributed by atoms with van der Waals surface area (Å²) in [5, 5.41) is 19.7. The van der Waals surface area contributed by atoms with Gasteiger partial charge >= 0.3 is 5.97 Å². The van der Waals surface area contributed by atoms with Gasteiger partial charge in [0.1, 0.15) is 5.75 Å². The number of aromatic nitrogens is 3.